The zero-order chi connectivity index (χ0) is 17.1. The molecule has 1 N–H and O–H groups in total. The third-order valence-corrected chi connectivity index (χ3v) is 5.07. The maximum atomic E-state index is 11.2. The fraction of sp³-hybridized carbons (Fsp3) is 0.350. The van der Waals surface area contributed by atoms with Crippen molar-refractivity contribution in [1.82, 2.24) is 0 Å². The summed E-state index contributed by atoms with van der Waals surface area (Å²) in [5, 5.41) is 11.2. The van der Waals surface area contributed by atoms with Crippen molar-refractivity contribution < 1.29 is 14.8 Å². The molecule has 2 aromatic carbocycles. The third kappa shape index (κ3) is 3.44. The monoisotopic (exact) mass is 324 g/mol. The zero-order valence-electron chi connectivity index (χ0n) is 14.3. The molecule has 126 valence electrons. The number of nitrogens with zero attached hydrogens (tertiary/aromatic N) is 1. The van der Waals surface area contributed by atoms with E-state index in [9.17, 15) is 9.90 Å². The highest BCUT2D eigenvalue weighted by atomic mass is 16.4. The molecule has 0 bridgehead atoms. The lowest BCUT2D eigenvalue weighted by Crippen LogP contribution is -3.13. The van der Waals surface area contributed by atoms with Crippen LogP contribution >= 0.6 is 0 Å². The van der Waals surface area contributed by atoms with Gasteiger partial charge in [-0.05, 0) is 31.0 Å². The number of hydrogen-bond donors (Lipinski definition) is 1. The second-order valence-corrected chi connectivity index (χ2v) is 6.58. The normalized spacial score (nSPS) is 15.5. The van der Waals surface area contributed by atoms with Crippen LogP contribution in [-0.2, 0) is 6.54 Å². The van der Waals surface area contributed by atoms with Gasteiger partial charge >= 0.3 is 0 Å². The minimum Gasteiger partial charge on any atom is -0.545 e. The van der Waals surface area contributed by atoms with Gasteiger partial charge in [0.25, 0.3) is 0 Å². The van der Waals surface area contributed by atoms with Crippen LogP contribution < -0.4 is 14.9 Å². The van der Waals surface area contributed by atoms with Gasteiger partial charge in [-0.15, -0.1) is 0 Å². The van der Waals surface area contributed by atoms with Gasteiger partial charge < -0.3 is 19.7 Å². The number of aromatic carboxylic acids is 1. The Balaban J connectivity index is 1.66. The van der Waals surface area contributed by atoms with E-state index in [-0.39, 0.29) is 0 Å². The van der Waals surface area contributed by atoms with Gasteiger partial charge in [-0.1, -0.05) is 36.4 Å². The van der Waals surface area contributed by atoms with Crippen molar-refractivity contribution in [1.29, 1.82) is 0 Å². The summed E-state index contributed by atoms with van der Waals surface area (Å²) in [5.41, 5.74) is 5.19. The highest BCUT2D eigenvalue weighted by Crippen LogP contribution is 2.22. The zero-order valence-corrected chi connectivity index (χ0v) is 14.3. The molecular weight excluding hydrogens is 300 g/mol. The maximum Gasteiger partial charge on any atom is 0.104 e. The van der Waals surface area contributed by atoms with Crippen LogP contribution in [0.4, 0.5) is 5.69 Å². The van der Waals surface area contributed by atoms with E-state index in [0.717, 1.165) is 38.3 Å². The summed E-state index contributed by atoms with van der Waals surface area (Å²) in [4.78, 5) is 15.1. The van der Waals surface area contributed by atoms with Crippen LogP contribution in [0.2, 0.25) is 0 Å². The SMILES string of the molecule is Cc1cccc(N2CC[NH+](Cc3ccccc3C(=O)[O-])CC2)c1C. The first-order valence-electron chi connectivity index (χ1n) is 8.50. The molecule has 1 fully saturated rings. The van der Waals surface area contributed by atoms with Crippen LogP contribution in [0.1, 0.15) is 27.0 Å². The van der Waals surface area contributed by atoms with E-state index in [0.29, 0.717) is 5.56 Å². The molecular formula is C20H24N2O2. The highest BCUT2D eigenvalue weighted by Gasteiger charge is 2.22. The van der Waals surface area contributed by atoms with Gasteiger partial charge in [-0.25, -0.2) is 0 Å². The predicted octanol–water partition coefficient (Wildman–Crippen LogP) is 0.572. The Bertz CT molecular complexity index is 734. The quantitative estimate of drug-likeness (QED) is 0.895. The molecule has 0 amide bonds. The Morgan fingerprint density at radius 1 is 1.08 bits per heavy atom. The van der Waals surface area contributed by atoms with Gasteiger partial charge in [0.1, 0.15) is 6.54 Å². The van der Waals surface area contributed by atoms with Crippen LogP contribution in [-0.4, -0.2) is 32.1 Å². The number of nitrogens with one attached hydrogen (secondary N) is 1. The van der Waals surface area contributed by atoms with Crippen molar-refractivity contribution in [2.75, 3.05) is 31.1 Å². The molecule has 1 heterocycles. The Labute approximate surface area is 143 Å². The maximum absolute atomic E-state index is 11.2. The van der Waals surface area contributed by atoms with Crippen molar-refractivity contribution in [3.63, 3.8) is 0 Å². The van der Waals surface area contributed by atoms with Crippen molar-refractivity contribution >= 4 is 11.7 Å². The third-order valence-electron chi connectivity index (χ3n) is 5.07. The molecule has 0 unspecified atom stereocenters. The minimum atomic E-state index is -1.08. The number of piperazine rings is 1. The molecule has 1 aliphatic rings. The van der Waals surface area contributed by atoms with E-state index < -0.39 is 5.97 Å². The highest BCUT2D eigenvalue weighted by molar-refractivity contribution is 5.87. The summed E-state index contributed by atoms with van der Waals surface area (Å²) in [6, 6.07) is 13.6. The van der Waals surface area contributed by atoms with Crippen molar-refractivity contribution in [2.24, 2.45) is 0 Å². The van der Waals surface area contributed by atoms with Crippen LogP contribution in [0, 0.1) is 13.8 Å². The number of aryl methyl sites for hydroxylation is 1. The van der Waals surface area contributed by atoms with Gasteiger partial charge in [0.05, 0.1) is 32.1 Å². The van der Waals surface area contributed by atoms with E-state index in [1.54, 1.807) is 12.1 Å². The summed E-state index contributed by atoms with van der Waals surface area (Å²) in [7, 11) is 0. The molecule has 1 saturated heterocycles. The fourth-order valence-corrected chi connectivity index (χ4v) is 3.46. The molecule has 0 spiro atoms. The van der Waals surface area contributed by atoms with Crippen molar-refractivity contribution in [2.45, 2.75) is 20.4 Å². The van der Waals surface area contributed by atoms with Crippen molar-refractivity contribution in [3.05, 3.63) is 64.7 Å². The van der Waals surface area contributed by atoms with E-state index in [1.165, 1.54) is 21.7 Å². The van der Waals surface area contributed by atoms with Crippen LogP contribution in [0.15, 0.2) is 42.5 Å². The van der Waals surface area contributed by atoms with Gasteiger partial charge in [-0.3, -0.25) is 0 Å². The average molecular weight is 324 g/mol. The molecule has 0 saturated carbocycles. The number of rotatable bonds is 4. The second-order valence-electron chi connectivity index (χ2n) is 6.58. The van der Waals surface area contributed by atoms with E-state index in [1.807, 2.05) is 12.1 Å². The predicted molar refractivity (Wildman–Crippen MR) is 93.3 cm³/mol. The van der Waals surface area contributed by atoms with E-state index >= 15 is 0 Å². The molecule has 0 aliphatic carbocycles. The molecule has 2 aromatic rings. The number of carbonyl (C=O) groups excluding carboxylic acids is 1. The lowest BCUT2D eigenvalue weighted by Gasteiger charge is -2.35. The van der Waals surface area contributed by atoms with Gasteiger partial charge in [-0.2, -0.15) is 0 Å². The lowest BCUT2D eigenvalue weighted by atomic mass is 10.1. The topological polar surface area (TPSA) is 47.8 Å². The van der Waals surface area contributed by atoms with Crippen LogP contribution in [0.3, 0.4) is 0 Å². The molecule has 4 heteroatoms. The van der Waals surface area contributed by atoms with E-state index in [2.05, 4.69) is 36.9 Å². The van der Waals surface area contributed by atoms with Gasteiger partial charge in [0, 0.05) is 16.8 Å². The average Bonchev–Trinajstić information content (AvgIpc) is 2.58. The Morgan fingerprint density at radius 3 is 2.50 bits per heavy atom. The van der Waals surface area contributed by atoms with E-state index in [4.69, 9.17) is 0 Å². The largest absolute Gasteiger partial charge is 0.545 e. The van der Waals surface area contributed by atoms with Crippen LogP contribution in [0.5, 0.6) is 0 Å². The summed E-state index contributed by atoms with van der Waals surface area (Å²) in [6.07, 6.45) is 0. The summed E-state index contributed by atoms with van der Waals surface area (Å²) >= 11 is 0. The molecule has 0 radical (unpaired) electrons. The summed E-state index contributed by atoms with van der Waals surface area (Å²) in [6.45, 7) is 9.08. The minimum absolute atomic E-state index is 0.321. The first-order valence-corrected chi connectivity index (χ1v) is 8.50. The number of quaternary nitrogens is 1. The smallest absolute Gasteiger partial charge is 0.104 e. The lowest BCUT2D eigenvalue weighted by molar-refractivity contribution is -0.914. The number of benzene rings is 2. The Morgan fingerprint density at radius 2 is 1.79 bits per heavy atom. The number of carbonyl (C=O) groups is 1. The second kappa shape index (κ2) is 7.05. The fourth-order valence-electron chi connectivity index (χ4n) is 3.46. The molecule has 0 aromatic heterocycles. The molecule has 4 nitrogen and oxygen atoms in total. The molecule has 0 atom stereocenters. The number of carboxylic acid groups (broad SMARTS) is 1. The first kappa shape index (κ1) is 16.5. The number of carboxylic acids is 1. The standard InChI is InChI=1S/C20H24N2O2/c1-15-6-5-9-19(16(15)2)22-12-10-21(11-13-22)14-17-7-3-4-8-18(17)20(23)24/h3-9H,10-14H2,1-2H3,(H,23,24). The first-order chi connectivity index (χ1) is 11.6. The number of anilines is 1. The summed E-state index contributed by atoms with van der Waals surface area (Å²) in [5.74, 6) is -1.08. The molecule has 1 aliphatic heterocycles. The summed E-state index contributed by atoms with van der Waals surface area (Å²) < 4.78 is 0. The van der Waals surface area contributed by atoms with Crippen molar-refractivity contribution in [3.8, 4) is 0 Å². The number of hydrogen-bond acceptors (Lipinski definition) is 3. The molecule has 24 heavy (non-hydrogen) atoms. The van der Waals surface area contributed by atoms with Gasteiger partial charge in [0.2, 0.25) is 0 Å². The van der Waals surface area contributed by atoms with Gasteiger partial charge in [0.15, 0.2) is 0 Å². The van der Waals surface area contributed by atoms with Crippen LogP contribution in [0.25, 0.3) is 0 Å². The Kier molecular flexibility index (Phi) is 4.86. The Hall–Kier alpha value is -2.33. The molecule has 3 rings (SSSR count).